The first-order valence-electron chi connectivity index (χ1n) is 10.0. The molecule has 1 N–H and O–H groups in total. The zero-order chi connectivity index (χ0) is 20.6. The van der Waals surface area contributed by atoms with Gasteiger partial charge in [0.15, 0.2) is 0 Å². The van der Waals surface area contributed by atoms with E-state index in [0.29, 0.717) is 33.3 Å². The maximum atomic E-state index is 12.4. The summed E-state index contributed by atoms with van der Waals surface area (Å²) in [6, 6.07) is 8.18. The van der Waals surface area contributed by atoms with Gasteiger partial charge in [0, 0.05) is 22.7 Å². The average molecular weight is 425 g/mol. The molecule has 0 aromatic carbocycles. The van der Waals surface area contributed by atoms with Crippen LogP contribution in [0.5, 0.6) is 0 Å². The molecule has 29 heavy (non-hydrogen) atoms. The molecular weight excluding hydrogens is 400 g/mol. The van der Waals surface area contributed by atoms with Gasteiger partial charge in [-0.05, 0) is 56.2 Å². The van der Waals surface area contributed by atoms with Gasteiger partial charge in [-0.1, -0.05) is 13.3 Å². The summed E-state index contributed by atoms with van der Waals surface area (Å²) in [5.41, 5.74) is 3.30. The molecule has 3 rings (SSSR count). The lowest BCUT2D eigenvalue weighted by Crippen LogP contribution is -2.12. The highest BCUT2D eigenvalue weighted by Gasteiger charge is 2.21. The van der Waals surface area contributed by atoms with E-state index in [2.05, 4.69) is 29.4 Å². The van der Waals surface area contributed by atoms with Crippen molar-refractivity contribution >= 4 is 34.0 Å². The Kier molecular flexibility index (Phi) is 7.69. The Morgan fingerprint density at radius 1 is 1.28 bits per heavy atom. The van der Waals surface area contributed by atoms with Crippen LogP contribution in [0, 0.1) is 22.7 Å². The molecule has 0 radical (unpaired) electrons. The number of nitrogens with one attached hydrogen (secondary N) is 1. The number of rotatable bonds is 8. The number of nitrogens with zero attached hydrogens (tertiary/aromatic N) is 3. The lowest BCUT2D eigenvalue weighted by atomic mass is 9.96. The van der Waals surface area contributed by atoms with Crippen molar-refractivity contribution in [1.82, 2.24) is 4.98 Å². The highest BCUT2D eigenvalue weighted by Crippen LogP contribution is 2.37. The molecule has 0 fully saturated rings. The Bertz CT molecular complexity index is 968. The Hall–Kier alpha value is -2.35. The third kappa shape index (κ3) is 5.38. The molecule has 1 aliphatic rings. The summed E-state index contributed by atoms with van der Waals surface area (Å²) in [5, 5.41) is 23.1. The molecule has 0 saturated carbocycles. The Balaban J connectivity index is 1.59. The molecule has 150 valence electrons. The minimum Gasteiger partial charge on any atom is -0.317 e. The molecule has 1 amide bonds. The minimum atomic E-state index is -0.103. The summed E-state index contributed by atoms with van der Waals surface area (Å²) >= 11 is 2.98. The molecule has 7 heteroatoms. The van der Waals surface area contributed by atoms with Crippen LogP contribution in [0.4, 0.5) is 5.00 Å². The zero-order valence-corrected chi connectivity index (χ0v) is 18.2. The first kappa shape index (κ1) is 21.4. The van der Waals surface area contributed by atoms with Crippen LogP contribution < -0.4 is 5.32 Å². The maximum Gasteiger partial charge on any atom is 0.225 e. The van der Waals surface area contributed by atoms with Crippen molar-refractivity contribution in [1.29, 1.82) is 10.5 Å². The van der Waals surface area contributed by atoms with Crippen molar-refractivity contribution in [2.45, 2.75) is 63.3 Å². The topological polar surface area (TPSA) is 89.6 Å². The number of aromatic nitrogens is 1. The van der Waals surface area contributed by atoms with Crippen molar-refractivity contribution in [3.63, 3.8) is 0 Å². The van der Waals surface area contributed by atoms with E-state index in [1.165, 1.54) is 16.6 Å². The third-order valence-corrected chi connectivity index (χ3v) is 7.13. The molecule has 5 nitrogen and oxygen atoms in total. The molecule has 1 aliphatic carbocycles. The Labute approximate surface area is 180 Å². The number of fused-ring (bicyclic) bond motifs is 1. The predicted octanol–water partition coefficient (Wildman–Crippen LogP) is 5.23. The average Bonchev–Trinajstić information content (AvgIpc) is 3.09. The SMILES string of the molecule is CCCCc1ccc(C#N)c(SCCC(=O)Nc2sc3c(c2C#N)CCCC3)n1. The van der Waals surface area contributed by atoms with Gasteiger partial charge < -0.3 is 5.32 Å². The largest absolute Gasteiger partial charge is 0.317 e. The van der Waals surface area contributed by atoms with Crippen LogP contribution in [0.1, 0.15) is 66.3 Å². The van der Waals surface area contributed by atoms with E-state index < -0.39 is 0 Å². The lowest BCUT2D eigenvalue weighted by Gasteiger charge is -2.09. The number of unbranched alkanes of at least 4 members (excludes halogenated alkanes) is 1. The van der Waals surface area contributed by atoms with Crippen LogP contribution in [0.3, 0.4) is 0 Å². The fourth-order valence-electron chi connectivity index (χ4n) is 3.37. The number of thiophene rings is 1. The summed E-state index contributed by atoms with van der Waals surface area (Å²) in [5.74, 6) is 0.436. The highest BCUT2D eigenvalue weighted by molar-refractivity contribution is 7.99. The third-order valence-electron chi connectivity index (χ3n) is 4.93. The summed E-state index contributed by atoms with van der Waals surface area (Å²) in [6.45, 7) is 2.14. The Morgan fingerprint density at radius 3 is 2.86 bits per heavy atom. The van der Waals surface area contributed by atoms with Crippen molar-refractivity contribution in [2.75, 3.05) is 11.1 Å². The first-order valence-corrected chi connectivity index (χ1v) is 11.8. The molecular formula is C22H24N4OS2. The second-order valence-electron chi connectivity index (χ2n) is 7.04. The van der Waals surface area contributed by atoms with Gasteiger partial charge in [-0.15, -0.1) is 23.1 Å². The van der Waals surface area contributed by atoms with Crippen molar-refractivity contribution < 1.29 is 4.79 Å². The van der Waals surface area contributed by atoms with E-state index in [0.717, 1.165) is 56.2 Å². The van der Waals surface area contributed by atoms with Crippen LogP contribution in [-0.4, -0.2) is 16.6 Å². The summed E-state index contributed by atoms with van der Waals surface area (Å²) in [4.78, 5) is 18.3. The van der Waals surface area contributed by atoms with Crippen LogP contribution in [-0.2, 0) is 24.1 Å². The molecule has 0 aliphatic heterocycles. The van der Waals surface area contributed by atoms with Crippen LogP contribution >= 0.6 is 23.1 Å². The maximum absolute atomic E-state index is 12.4. The van der Waals surface area contributed by atoms with E-state index in [1.54, 1.807) is 11.3 Å². The summed E-state index contributed by atoms with van der Waals surface area (Å²) in [7, 11) is 0. The fraction of sp³-hybridized carbons (Fsp3) is 0.455. The number of anilines is 1. The molecule has 0 unspecified atom stereocenters. The smallest absolute Gasteiger partial charge is 0.225 e. The number of pyridine rings is 1. The van der Waals surface area contributed by atoms with E-state index in [4.69, 9.17) is 0 Å². The minimum absolute atomic E-state index is 0.103. The quantitative estimate of drug-likeness (QED) is 0.586. The number of thioether (sulfide) groups is 1. The van der Waals surface area contributed by atoms with Crippen LogP contribution in [0.2, 0.25) is 0 Å². The normalized spacial score (nSPS) is 12.7. The van der Waals surface area contributed by atoms with Crippen LogP contribution in [0.25, 0.3) is 0 Å². The van der Waals surface area contributed by atoms with Gasteiger partial charge in [-0.3, -0.25) is 4.79 Å². The lowest BCUT2D eigenvalue weighted by molar-refractivity contribution is -0.115. The number of hydrogen-bond donors (Lipinski definition) is 1. The number of carbonyl (C=O) groups excluding carboxylic acids is 1. The highest BCUT2D eigenvalue weighted by atomic mass is 32.2. The second-order valence-corrected chi connectivity index (χ2v) is 9.23. The Morgan fingerprint density at radius 2 is 2.10 bits per heavy atom. The summed E-state index contributed by atoms with van der Waals surface area (Å²) < 4.78 is 0. The van der Waals surface area contributed by atoms with Crippen molar-refractivity contribution in [3.8, 4) is 12.1 Å². The molecule has 0 bridgehead atoms. The fourth-order valence-corrected chi connectivity index (χ4v) is 5.56. The number of hydrogen-bond acceptors (Lipinski definition) is 6. The van der Waals surface area contributed by atoms with Gasteiger partial charge in [0.05, 0.1) is 11.1 Å². The first-order chi connectivity index (χ1) is 14.2. The molecule has 2 aromatic heterocycles. The van der Waals surface area contributed by atoms with Gasteiger partial charge in [0.25, 0.3) is 0 Å². The molecule has 0 saturated heterocycles. The number of carbonyl (C=O) groups is 1. The van der Waals surface area contributed by atoms with E-state index in [-0.39, 0.29) is 5.91 Å². The zero-order valence-electron chi connectivity index (χ0n) is 16.6. The molecule has 0 spiro atoms. The molecule has 0 atom stereocenters. The van der Waals surface area contributed by atoms with Gasteiger partial charge in [0.1, 0.15) is 22.2 Å². The van der Waals surface area contributed by atoms with Gasteiger partial charge >= 0.3 is 0 Å². The molecule has 2 heterocycles. The van der Waals surface area contributed by atoms with E-state index in [1.807, 2.05) is 12.1 Å². The monoisotopic (exact) mass is 424 g/mol. The van der Waals surface area contributed by atoms with Crippen molar-refractivity contribution in [3.05, 3.63) is 39.4 Å². The van der Waals surface area contributed by atoms with Crippen LogP contribution in [0.15, 0.2) is 17.2 Å². The van der Waals surface area contributed by atoms with Gasteiger partial charge in [0.2, 0.25) is 5.91 Å². The van der Waals surface area contributed by atoms with Gasteiger partial charge in [-0.2, -0.15) is 10.5 Å². The number of nitriles is 2. The van der Waals surface area contributed by atoms with E-state index in [9.17, 15) is 15.3 Å². The van der Waals surface area contributed by atoms with E-state index >= 15 is 0 Å². The number of amides is 1. The van der Waals surface area contributed by atoms with Crippen molar-refractivity contribution in [2.24, 2.45) is 0 Å². The second kappa shape index (κ2) is 10.4. The summed E-state index contributed by atoms with van der Waals surface area (Å²) in [6.07, 6.45) is 7.55. The molecule has 2 aromatic rings. The standard InChI is InChI=1S/C22H24N4OS2/c1-2-3-6-16-10-9-15(13-23)21(25-16)28-12-11-20(27)26-22-18(14-24)17-7-4-5-8-19(17)29-22/h9-10H,2-8,11-12H2,1H3,(H,26,27). The number of aryl methyl sites for hydroxylation is 2. The van der Waals surface area contributed by atoms with Gasteiger partial charge in [-0.25, -0.2) is 4.98 Å². The predicted molar refractivity (Wildman–Crippen MR) is 117 cm³/mol.